The van der Waals surface area contributed by atoms with Crippen molar-refractivity contribution in [2.24, 2.45) is 4.99 Å². The van der Waals surface area contributed by atoms with Gasteiger partial charge in [-0.3, -0.25) is 0 Å². The Morgan fingerprint density at radius 2 is 1.55 bits per heavy atom. The Morgan fingerprint density at radius 1 is 0.897 bits per heavy atom. The molecule has 4 nitrogen and oxygen atoms in total. The van der Waals surface area contributed by atoms with Crippen LogP contribution in [0.4, 0.5) is 24.5 Å². The number of guanidine groups is 1. The molecule has 0 radical (unpaired) electrons. The van der Waals surface area contributed by atoms with E-state index in [1.54, 1.807) is 36.4 Å². The Balaban J connectivity index is 1.88. The van der Waals surface area contributed by atoms with Crippen LogP contribution in [0.1, 0.15) is 11.1 Å². The molecule has 148 valence electrons. The van der Waals surface area contributed by atoms with E-state index in [1.165, 1.54) is 30.3 Å². The Labute approximate surface area is 166 Å². The molecule has 0 saturated carbocycles. The molecule has 0 spiro atoms. The lowest BCUT2D eigenvalue weighted by atomic mass is 10.0. The lowest BCUT2D eigenvalue weighted by Gasteiger charge is -2.32. The van der Waals surface area contributed by atoms with E-state index < -0.39 is 11.9 Å². The number of benzene rings is 3. The summed E-state index contributed by atoms with van der Waals surface area (Å²) in [4.78, 5) is 4.03. The van der Waals surface area contributed by atoms with Gasteiger partial charge < -0.3 is 15.4 Å². The van der Waals surface area contributed by atoms with E-state index in [0.29, 0.717) is 11.4 Å². The van der Waals surface area contributed by atoms with Gasteiger partial charge in [0.15, 0.2) is 0 Å². The molecule has 1 aliphatic rings. The minimum atomic E-state index is -4.81. The number of ether oxygens (including phenoxy) is 1. The average Bonchev–Trinajstić information content (AvgIpc) is 2.87. The largest absolute Gasteiger partial charge is 0.455 e. The van der Waals surface area contributed by atoms with E-state index in [4.69, 9.17) is 4.74 Å². The highest BCUT2D eigenvalue weighted by Gasteiger charge is 2.60. The Morgan fingerprint density at radius 3 is 2.24 bits per heavy atom. The summed E-state index contributed by atoms with van der Waals surface area (Å²) in [7, 11) is 0. The van der Waals surface area contributed by atoms with Gasteiger partial charge in [-0.25, -0.2) is 0 Å². The van der Waals surface area contributed by atoms with Gasteiger partial charge in [-0.1, -0.05) is 60.2 Å². The number of nitrogens with zero attached hydrogens (tertiary/aromatic N) is 1. The zero-order valence-corrected chi connectivity index (χ0v) is 15.5. The molecular formula is C22H18F3N3O. The first-order valence-electron chi connectivity index (χ1n) is 8.98. The molecule has 3 aromatic carbocycles. The molecule has 2 N–H and O–H groups in total. The molecule has 0 bridgehead atoms. The summed E-state index contributed by atoms with van der Waals surface area (Å²) in [6.45, 7) is 1.93. The van der Waals surface area contributed by atoms with Crippen LogP contribution in [0.2, 0.25) is 0 Å². The third-order valence-corrected chi connectivity index (χ3v) is 4.53. The average molecular weight is 397 g/mol. The van der Waals surface area contributed by atoms with Crippen molar-refractivity contribution in [3.8, 4) is 5.75 Å². The van der Waals surface area contributed by atoms with Crippen LogP contribution in [0.3, 0.4) is 0 Å². The number of fused-ring (bicyclic) bond motifs is 1. The summed E-state index contributed by atoms with van der Waals surface area (Å²) in [6, 6.07) is 21.1. The molecule has 1 unspecified atom stereocenters. The van der Waals surface area contributed by atoms with Crippen LogP contribution in [0.5, 0.6) is 5.75 Å². The number of hydrogen-bond donors (Lipinski definition) is 2. The van der Waals surface area contributed by atoms with Gasteiger partial charge in [-0.2, -0.15) is 18.2 Å². The first kappa shape index (κ1) is 18.9. The van der Waals surface area contributed by atoms with E-state index in [-0.39, 0.29) is 17.3 Å². The second-order valence-corrected chi connectivity index (χ2v) is 6.68. The second-order valence-electron chi connectivity index (χ2n) is 6.68. The molecule has 7 heteroatoms. The van der Waals surface area contributed by atoms with Gasteiger partial charge in [0.2, 0.25) is 5.96 Å². The van der Waals surface area contributed by atoms with Gasteiger partial charge in [0, 0.05) is 11.3 Å². The van der Waals surface area contributed by atoms with Gasteiger partial charge >= 0.3 is 11.9 Å². The Kier molecular flexibility index (Phi) is 4.66. The number of rotatable bonds is 2. The second kappa shape index (κ2) is 7.16. The third kappa shape index (κ3) is 3.63. The molecular weight excluding hydrogens is 379 g/mol. The van der Waals surface area contributed by atoms with Crippen LogP contribution in [0, 0.1) is 6.92 Å². The van der Waals surface area contributed by atoms with Gasteiger partial charge in [0.1, 0.15) is 5.75 Å². The highest BCUT2D eigenvalue weighted by molar-refractivity contribution is 6.05. The van der Waals surface area contributed by atoms with Crippen molar-refractivity contribution in [3.63, 3.8) is 0 Å². The summed E-state index contributed by atoms with van der Waals surface area (Å²) in [6.07, 6.45) is -4.81. The number of anilines is 2. The minimum absolute atomic E-state index is 0.0538. The molecule has 29 heavy (non-hydrogen) atoms. The maximum atomic E-state index is 14.4. The van der Waals surface area contributed by atoms with Crippen molar-refractivity contribution in [2.45, 2.75) is 18.8 Å². The first-order valence-corrected chi connectivity index (χ1v) is 8.98. The first-order chi connectivity index (χ1) is 13.9. The molecule has 1 aliphatic heterocycles. The smallest absolute Gasteiger partial charge is 0.451 e. The van der Waals surface area contributed by atoms with Crippen molar-refractivity contribution in [2.75, 3.05) is 10.6 Å². The summed E-state index contributed by atoms with van der Waals surface area (Å²) in [5, 5.41) is 5.88. The molecule has 0 saturated heterocycles. The molecule has 4 rings (SSSR count). The third-order valence-electron chi connectivity index (χ3n) is 4.53. The molecule has 3 aromatic rings. The molecule has 1 atom stereocenters. The van der Waals surface area contributed by atoms with Crippen LogP contribution in [0.25, 0.3) is 0 Å². The standard InChI is InChI=1S/C22H18F3N3O/c1-15-11-13-17(14-12-15)26-20-27-18-9-5-6-10-19(18)29-21(28-20,22(23,24)25)16-7-3-2-4-8-16/h2-14H,1H3,(H2,26,27,28). The fourth-order valence-electron chi connectivity index (χ4n) is 3.06. The lowest BCUT2D eigenvalue weighted by molar-refractivity contribution is -0.251. The topological polar surface area (TPSA) is 45.7 Å². The van der Waals surface area contributed by atoms with Crippen LogP contribution < -0.4 is 15.4 Å². The summed E-state index contributed by atoms with van der Waals surface area (Å²) < 4.78 is 48.9. The molecule has 0 aromatic heterocycles. The Bertz CT molecular complexity index is 1030. The van der Waals surface area contributed by atoms with E-state index >= 15 is 0 Å². The number of aryl methyl sites for hydroxylation is 1. The number of para-hydroxylation sites is 2. The number of hydrogen-bond acceptors (Lipinski definition) is 4. The van der Waals surface area contributed by atoms with Crippen molar-refractivity contribution < 1.29 is 17.9 Å². The normalized spacial score (nSPS) is 18.6. The quantitative estimate of drug-likeness (QED) is 0.585. The SMILES string of the molecule is Cc1ccc(NC2=NC(c3ccccc3)(C(F)(F)F)Oc3ccccc3N2)cc1. The fraction of sp³-hybridized carbons (Fsp3) is 0.136. The van der Waals surface area contributed by atoms with Crippen molar-refractivity contribution in [1.82, 2.24) is 0 Å². The van der Waals surface area contributed by atoms with Crippen molar-refractivity contribution >= 4 is 17.3 Å². The highest BCUT2D eigenvalue weighted by atomic mass is 19.4. The maximum Gasteiger partial charge on any atom is 0.455 e. The lowest BCUT2D eigenvalue weighted by Crippen LogP contribution is -2.47. The molecule has 1 heterocycles. The van der Waals surface area contributed by atoms with E-state index in [0.717, 1.165) is 5.56 Å². The summed E-state index contributed by atoms with van der Waals surface area (Å²) >= 11 is 0. The molecule has 0 aliphatic carbocycles. The zero-order valence-electron chi connectivity index (χ0n) is 15.5. The van der Waals surface area contributed by atoms with Gasteiger partial charge in [-0.05, 0) is 31.2 Å². The van der Waals surface area contributed by atoms with E-state index in [9.17, 15) is 13.2 Å². The highest BCUT2D eigenvalue weighted by Crippen LogP contribution is 2.46. The monoisotopic (exact) mass is 397 g/mol. The zero-order chi connectivity index (χ0) is 20.5. The van der Waals surface area contributed by atoms with Crippen molar-refractivity contribution in [3.05, 3.63) is 90.0 Å². The predicted molar refractivity (Wildman–Crippen MR) is 107 cm³/mol. The number of halogens is 3. The van der Waals surface area contributed by atoms with Gasteiger partial charge in [0.05, 0.1) is 5.69 Å². The van der Waals surface area contributed by atoms with Crippen LogP contribution in [-0.2, 0) is 5.72 Å². The van der Waals surface area contributed by atoms with Crippen molar-refractivity contribution in [1.29, 1.82) is 0 Å². The molecule has 0 amide bonds. The van der Waals surface area contributed by atoms with Gasteiger partial charge in [0.25, 0.3) is 0 Å². The van der Waals surface area contributed by atoms with Crippen LogP contribution in [-0.4, -0.2) is 12.1 Å². The summed E-state index contributed by atoms with van der Waals surface area (Å²) in [5.41, 5.74) is -0.998. The number of aliphatic imine (C=N–C) groups is 1. The van der Waals surface area contributed by atoms with Gasteiger partial charge in [-0.15, -0.1) is 0 Å². The van der Waals surface area contributed by atoms with Crippen LogP contribution in [0.15, 0.2) is 83.9 Å². The van der Waals surface area contributed by atoms with E-state index in [2.05, 4.69) is 15.6 Å². The predicted octanol–water partition coefficient (Wildman–Crippen LogP) is 5.68. The summed E-state index contributed by atoms with van der Waals surface area (Å²) in [5.74, 6) is -0.0156. The Hall–Kier alpha value is -3.48. The molecule has 0 fully saturated rings. The maximum absolute atomic E-state index is 14.4. The minimum Gasteiger partial charge on any atom is -0.451 e. The van der Waals surface area contributed by atoms with E-state index in [1.807, 2.05) is 19.1 Å². The number of nitrogens with one attached hydrogen (secondary N) is 2. The van der Waals surface area contributed by atoms with Crippen LogP contribution >= 0.6 is 0 Å². The number of alkyl halides is 3. The fourth-order valence-corrected chi connectivity index (χ4v) is 3.06.